The van der Waals surface area contributed by atoms with Crippen LogP contribution in [0.3, 0.4) is 0 Å². The molecule has 1 fully saturated rings. The molecule has 5 heteroatoms. The van der Waals surface area contributed by atoms with Gasteiger partial charge in [0.2, 0.25) is 5.88 Å². The average Bonchev–Trinajstić information content (AvgIpc) is 2.37. The van der Waals surface area contributed by atoms with Gasteiger partial charge in [-0.2, -0.15) is 0 Å². The summed E-state index contributed by atoms with van der Waals surface area (Å²) in [4.78, 5) is 18.3. The quantitative estimate of drug-likeness (QED) is 0.795. The molecular formula is C13H18N2O3. The van der Waals surface area contributed by atoms with Crippen LogP contribution in [0.5, 0.6) is 5.88 Å². The minimum Gasteiger partial charge on any atom is -0.481 e. The number of methoxy groups -OCH3 is 1. The van der Waals surface area contributed by atoms with Gasteiger partial charge in [-0.3, -0.25) is 4.79 Å². The molecule has 1 aromatic rings. The molecule has 0 aromatic carbocycles. The second-order valence-electron chi connectivity index (χ2n) is 4.91. The van der Waals surface area contributed by atoms with Gasteiger partial charge in [-0.25, -0.2) is 4.98 Å². The van der Waals surface area contributed by atoms with E-state index in [4.69, 9.17) is 9.47 Å². The van der Waals surface area contributed by atoms with Crippen molar-refractivity contribution in [1.29, 1.82) is 0 Å². The molecule has 98 valence electrons. The number of pyridine rings is 1. The van der Waals surface area contributed by atoms with Crippen LogP contribution in [0, 0.1) is 0 Å². The SMILES string of the molecule is COc1ccc(C(=O)N2CCOCC2(C)C)cn1. The molecule has 0 N–H and O–H groups in total. The first-order valence-electron chi connectivity index (χ1n) is 5.94. The summed E-state index contributed by atoms with van der Waals surface area (Å²) < 4.78 is 10.4. The van der Waals surface area contributed by atoms with E-state index in [1.165, 1.54) is 0 Å². The van der Waals surface area contributed by atoms with Crippen molar-refractivity contribution in [2.75, 3.05) is 26.9 Å². The molecular weight excluding hydrogens is 232 g/mol. The largest absolute Gasteiger partial charge is 0.481 e. The van der Waals surface area contributed by atoms with Crippen LogP contribution in [0.25, 0.3) is 0 Å². The van der Waals surface area contributed by atoms with Gasteiger partial charge in [0.05, 0.1) is 31.4 Å². The highest BCUT2D eigenvalue weighted by Gasteiger charge is 2.34. The summed E-state index contributed by atoms with van der Waals surface area (Å²) in [6.45, 7) is 5.75. The predicted molar refractivity (Wildman–Crippen MR) is 66.7 cm³/mol. The van der Waals surface area contributed by atoms with Gasteiger partial charge in [-0.05, 0) is 19.9 Å². The van der Waals surface area contributed by atoms with Crippen molar-refractivity contribution in [1.82, 2.24) is 9.88 Å². The molecule has 1 saturated heterocycles. The summed E-state index contributed by atoms with van der Waals surface area (Å²) in [6, 6.07) is 3.43. The van der Waals surface area contributed by atoms with E-state index in [9.17, 15) is 4.79 Å². The van der Waals surface area contributed by atoms with Gasteiger partial charge >= 0.3 is 0 Å². The average molecular weight is 250 g/mol. The summed E-state index contributed by atoms with van der Waals surface area (Å²) in [6.07, 6.45) is 1.55. The van der Waals surface area contributed by atoms with Crippen molar-refractivity contribution in [2.45, 2.75) is 19.4 Å². The number of nitrogens with zero attached hydrogens (tertiary/aromatic N) is 2. The number of morpholine rings is 1. The van der Waals surface area contributed by atoms with E-state index in [1.54, 1.807) is 25.4 Å². The molecule has 18 heavy (non-hydrogen) atoms. The maximum atomic E-state index is 12.4. The topological polar surface area (TPSA) is 51.7 Å². The van der Waals surface area contributed by atoms with Crippen LogP contribution in [0.15, 0.2) is 18.3 Å². The fourth-order valence-electron chi connectivity index (χ4n) is 2.02. The Kier molecular flexibility index (Phi) is 3.52. The van der Waals surface area contributed by atoms with Crippen molar-refractivity contribution < 1.29 is 14.3 Å². The van der Waals surface area contributed by atoms with Crippen LogP contribution in [-0.4, -0.2) is 48.2 Å². The zero-order valence-electron chi connectivity index (χ0n) is 11.0. The van der Waals surface area contributed by atoms with Crippen molar-refractivity contribution in [3.05, 3.63) is 23.9 Å². The molecule has 2 rings (SSSR count). The number of ether oxygens (including phenoxy) is 2. The first-order valence-corrected chi connectivity index (χ1v) is 5.94. The lowest BCUT2D eigenvalue weighted by Crippen LogP contribution is -2.55. The number of amides is 1. The molecule has 0 saturated carbocycles. The fraction of sp³-hybridized carbons (Fsp3) is 0.538. The van der Waals surface area contributed by atoms with E-state index in [-0.39, 0.29) is 11.4 Å². The highest BCUT2D eigenvalue weighted by atomic mass is 16.5. The maximum Gasteiger partial charge on any atom is 0.256 e. The van der Waals surface area contributed by atoms with Gasteiger partial charge in [0, 0.05) is 18.8 Å². The van der Waals surface area contributed by atoms with E-state index in [2.05, 4.69) is 4.98 Å². The van der Waals surface area contributed by atoms with E-state index in [0.717, 1.165) is 0 Å². The monoisotopic (exact) mass is 250 g/mol. The Balaban J connectivity index is 2.19. The second kappa shape index (κ2) is 4.94. The van der Waals surface area contributed by atoms with Gasteiger partial charge in [0.15, 0.2) is 0 Å². The third-order valence-electron chi connectivity index (χ3n) is 3.08. The van der Waals surface area contributed by atoms with E-state index < -0.39 is 0 Å². The first kappa shape index (κ1) is 12.8. The number of hydrogen-bond donors (Lipinski definition) is 0. The molecule has 0 bridgehead atoms. The molecule has 0 atom stereocenters. The van der Waals surface area contributed by atoms with Crippen LogP contribution in [0.4, 0.5) is 0 Å². The smallest absolute Gasteiger partial charge is 0.256 e. The van der Waals surface area contributed by atoms with E-state index in [1.807, 2.05) is 18.7 Å². The Morgan fingerprint density at radius 3 is 2.83 bits per heavy atom. The van der Waals surface area contributed by atoms with Crippen LogP contribution in [0.1, 0.15) is 24.2 Å². The van der Waals surface area contributed by atoms with Crippen molar-refractivity contribution in [2.24, 2.45) is 0 Å². The number of carbonyl (C=O) groups is 1. The Hall–Kier alpha value is -1.62. The molecule has 1 aliphatic rings. The lowest BCUT2D eigenvalue weighted by molar-refractivity contribution is -0.0370. The predicted octanol–water partition coefficient (Wildman–Crippen LogP) is 1.34. The summed E-state index contributed by atoms with van der Waals surface area (Å²) in [5.41, 5.74) is 0.292. The van der Waals surface area contributed by atoms with Crippen LogP contribution < -0.4 is 4.74 Å². The van der Waals surface area contributed by atoms with Crippen molar-refractivity contribution in [3.8, 4) is 5.88 Å². The van der Waals surface area contributed by atoms with Gasteiger partial charge in [0.1, 0.15) is 0 Å². The van der Waals surface area contributed by atoms with Crippen LogP contribution in [-0.2, 0) is 4.74 Å². The summed E-state index contributed by atoms with van der Waals surface area (Å²) in [5, 5.41) is 0. The van der Waals surface area contributed by atoms with E-state index in [0.29, 0.717) is 31.2 Å². The second-order valence-corrected chi connectivity index (χ2v) is 4.91. The number of aromatic nitrogens is 1. The zero-order chi connectivity index (χ0) is 13.2. The third-order valence-corrected chi connectivity index (χ3v) is 3.08. The molecule has 0 aliphatic carbocycles. The van der Waals surface area contributed by atoms with Gasteiger partial charge < -0.3 is 14.4 Å². The molecule has 0 spiro atoms. The number of carbonyl (C=O) groups excluding carboxylic acids is 1. The minimum absolute atomic E-state index is 0.0153. The zero-order valence-corrected chi connectivity index (χ0v) is 11.0. The molecule has 0 radical (unpaired) electrons. The summed E-state index contributed by atoms with van der Waals surface area (Å²) >= 11 is 0. The standard InChI is InChI=1S/C13H18N2O3/c1-13(2)9-18-7-6-15(13)12(16)10-4-5-11(17-3)14-8-10/h4-5,8H,6-7,9H2,1-3H3. The van der Waals surface area contributed by atoms with Crippen LogP contribution in [0.2, 0.25) is 0 Å². The van der Waals surface area contributed by atoms with Crippen molar-refractivity contribution in [3.63, 3.8) is 0 Å². The molecule has 0 unspecified atom stereocenters. The Morgan fingerprint density at radius 2 is 2.28 bits per heavy atom. The highest BCUT2D eigenvalue weighted by Crippen LogP contribution is 2.21. The highest BCUT2D eigenvalue weighted by molar-refractivity contribution is 5.94. The molecule has 2 heterocycles. The van der Waals surface area contributed by atoms with Gasteiger partial charge in [0.25, 0.3) is 5.91 Å². The van der Waals surface area contributed by atoms with E-state index >= 15 is 0 Å². The van der Waals surface area contributed by atoms with Crippen molar-refractivity contribution >= 4 is 5.91 Å². The Labute approximate surface area is 107 Å². The lowest BCUT2D eigenvalue weighted by atomic mass is 10.0. The summed E-state index contributed by atoms with van der Waals surface area (Å²) in [5.74, 6) is 0.492. The van der Waals surface area contributed by atoms with Gasteiger partial charge in [-0.15, -0.1) is 0 Å². The van der Waals surface area contributed by atoms with Crippen LogP contribution >= 0.6 is 0 Å². The minimum atomic E-state index is -0.282. The molecule has 5 nitrogen and oxygen atoms in total. The molecule has 1 amide bonds. The normalized spacial score (nSPS) is 18.5. The maximum absolute atomic E-state index is 12.4. The fourth-order valence-corrected chi connectivity index (χ4v) is 2.02. The Bertz CT molecular complexity index is 428. The molecule has 1 aromatic heterocycles. The first-order chi connectivity index (χ1) is 8.54. The third kappa shape index (κ3) is 2.46. The molecule has 1 aliphatic heterocycles. The number of rotatable bonds is 2. The Morgan fingerprint density at radius 1 is 1.50 bits per heavy atom. The summed E-state index contributed by atoms with van der Waals surface area (Å²) in [7, 11) is 1.55. The lowest BCUT2D eigenvalue weighted by Gasteiger charge is -2.42. The number of hydrogen-bond acceptors (Lipinski definition) is 4. The van der Waals surface area contributed by atoms with Gasteiger partial charge in [-0.1, -0.05) is 0 Å².